The van der Waals surface area contributed by atoms with Gasteiger partial charge < -0.3 is 9.64 Å². The van der Waals surface area contributed by atoms with E-state index in [-0.39, 0.29) is 29.9 Å². The van der Waals surface area contributed by atoms with Crippen LogP contribution in [0, 0.1) is 5.92 Å². The van der Waals surface area contributed by atoms with E-state index in [1.165, 1.54) is 5.19 Å². The first kappa shape index (κ1) is 20.1. The smallest absolute Gasteiger partial charge is 0.410 e. The number of piperidine rings is 1. The van der Waals surface area contributed by atoms with Crippen molar-refractivity contribution in [1.82, 2.24) is 4.90 Å². The van der Waals surface area contributed by atoms with Crippen molar-refractivity contribution in [3.8, 4) is 0 Å². The second-order valence-corrected chi connectivity index (χ2v) is 15.2. The normalized spacial score (nSPS) is 25.4. The maximum absolute atomic E-state index is 13.2. The minimum Gasteiger partial charge on any atom is -0.444 e. The van der Waals surface area contributed by atoms with E-state index in [1.54, 1.807) is 0 Å². The average Bonchev–Trinajstić information content (AvgIpc) is 2.82. The zero-order valence-corrected chi connectivity index (χ0v) is 18.5. The van der Waals surface area contributed by atoms with Crippen LogP contribution in [-0.2, 0) is 4.74 Å². The van der Waals surface area contributed by atoms with Gasteiger partial charge in [-0.2, -0.15) is 0 Å². The highest BCUT2D eigenvalue weighted by atomic mass is 28.3. The molecule has 2 aliphatic heterocycles. The molecule has 2 saturated heterocycles. The summed E-state index contributed by atoms with van der Waals surface area (Å²) in [4.78, 5) is 27.7. The highest BCUT2D eigenvalue weighted by Gasteiger charge is 2.46. The molecule has 2 bridgehead atoms. The maximum Gasteiger partial charge on any atom is 0.410 e. The molecule has 2 heterocycles. The van der Waals surface area contributed by atoms with Gasteiger partial charge in [-0.1, -0.05) is 49.1 Å². The van der Waals surface area contributed by atoms with Gasteiger partial charge in [0.05, 0.1) is 8.07 Å². The number of ether oxygens (including phenoxy) is 1. The number of benzene rings is 1. The lowest BCUT2D eigenvalue weighted by molar-refractivity contribution is 0.00254. The molecule has 2 unspecified atom stereocenters. The van der Waals surface area contributed by atoms with E-state index in [9.17, 15) is 9.59 Å². The number of hydrogen-bond donors (Lipinski definition) is 0. The lowest BCUT2D eigenvalue weighted by atomic mass is 9.85. The molecule has 5 heteroatoms. The largest absolute Gasteiger partial charge is 0.444 e. The van der Waals surface area contributed by atoms with Crippen molar-refractivity contribution < 1.29 is 14.3 Å². The van der Waals surface area contributed by atoms with Crippen LogP contribution in [0.5, 0.6) is 0 Å². The van der Waals surface area contributed by atoms with Crippen molar-refractivity contribution in [2.75, 3.05) is 0 Å². The van der Waals surface area contributed by atoms with E-state index in [4.69, 9.17) is 4.74 Å². The molecule has 0 radical (unpaired) electrons. The lowest BCUT2D eigenvalue weighted by Gasteiger charge is -2.39. The van der Waals surface area contributed by atoms with Crippen LogP contribution in [0.15, 0.2) is 24.3 Å². The third kappa shape index (κ3) is 4.45. The molecule has 2 aliphatic rings. The zero-order valence-electron chi connectivity index (χ0n) is 17.5. The van der Waals surface area contributed by atoms with Gasteiger partial charge in [-0.15, -0.1) is 0 Å². The maximum atomic E-state index is 13.2. The molecular weight excluding hydrogens is 354 g/mol. The molecule has 0 aliphatic carbocycles. The first-order valence-corrected chi connectivity index (χ1v) is 13.6. The fourth-order valence-electron chi connectivity index (χ4n) is 4.38. The summed E-state index contributed by atoms with van der Waals surface area (Å²) in [5.74, 6) is 0.258. The Balaban J connectivity index is 1.73. The van der Waals surface area contributed by atoms with Crippen LogP contribution in [0.1, 0.15) is 56.8 Å². The van der Waals surface area contributed by atoms with Crippen LogP contribution in [0.4, 0.5) is 4.79 Å². The molecule has 0 N–H and O–H groups in total. The van der Waals surface area contributed by atoms with Crippen LogP contribution < -0.4 is 5.19 Å². The highest BCUT2D eigenvalue weighted by Crippen LogP contribution is 2.40. The Hall–Kier alpha value is -1.62. The molecule has 1 amide bonds. The summed E-state index contributed by atoms with van der Waals surface area (Å²) in [6.07, 6.45) is 3.24. The third-order valence-corrected chi connectivity index (χ3v) is 7.76. The molecule has 148 valence electrons. The van der Waals surface area contributed by atoms with Crippen LogP contribution in [-0.4, -0.2) is 42.5 Å². The van der Waals surface area contributed by atoms with Crippen molar-refractivity contribution in [2.24, 2.45) is 5.92 Å². The fourth-order valence-corrected chi connectivity index (χ4v) is 5.56. The first-order chi connectivity index (χ1) is 12.5. The van der Waals surface area contributed by atoms with Crippen molar-refractivity contribution in [1.29, 1.82) is 0 Å². The van der Waals surface area contributed by atoms with E-state index < -0.39 is 13.7 Å². The van der Waals surface area contributed by atoms with Gasteiger partial charge in [0.2, 0.25) is 0 Å². The summed E-state index contributed by atoms with van der Waals surface area (Å²) in [6, 6.07) is 8.49. The predicted octanol–water partition coefficient (Wildman–Crippen LogP) is 4.59. The predicted molar refractivity (Wildman–Crippen MR) is 111 cm³/mol. The fraction of sp³-hybridized carbons (Fsp3) is 0.636. The summed E-state index contributed by atoms with van der Waals surface area (Å²) >= 11 is 0. The number of rotatable bonds is 3. The summed E-state index contributed by atoms with van der Waals surface area (Å²) in [5, 5.41) is 1.32. The molecule has 4 nitrogen and oxygen atoms in total. The topological polar surface area (TPSA) is 46.6 Å². The number of hydrogen-bond acceptors (Lipinski definition) is 3. The molecule has 1 aromatic carbocycles. The number of carbonyl (C=O) groups is 2. The number of carbonyl (C=O) groups excluding carboxylic acids is 2. The van der Waals surface area contributed by atoms with E-state index in [0.29, 0.717) is 0 Å². The van der Waals surface area contributed by atoms with Gasteiger partial charge in [0.15, 0.2) is 5.78 Å². The molecule has 1 aromatic rings. The molecule has 0 spiro atoms. The monoisotopic (exact) mass is 387 g/mol. The number of ketones is 1. The van der Waals surface area contributed by atoms with Crippen LogP contribution >= 0.6 is 0 Å². The third-order valence-electron chi connectivity index (χ3n) is 5.72. The van der Waals surface area contributed by atoms with E-state index in [1.807, 2.05) is 37.8 Å². The van der Waals surface area contributed by atoms with Crippen molar-refractivity contribution in [3.63, 3.8) is 0 Å². The Labute approximate surface area is 164 Å². The average molecular weight is 388 g/mol. The van der Waals surface area contributed by atoms with E-state index in [0.717, 1.165) is 31.2 Å². The number of amides is 1. The van der Waals surface area contributed by atoms with Crippen LogP contribution in [0.25, 0.3) is 0 Å². The summed E-state index contributed by atoms with van der Waals surface area (Å²) < 4.78 is 5.60. The van der Waals surface area contributed by atoms with Crippen molar-refractivity contribution in [2.45, 2.75) is 83.8 Å². The Kier molecular flexibility index (Phi) is 5.28. The Morgan fingerprint density at radius 2 is 1.67 bits per heavy atom. The van der Waals surface area contributed by atoms with Crippen molar-refractivity contribution in [3.05, 3.63) is 29.8 Å². The highest BCUT2D eigenvalue weighted by molar-refractivity contribution is 6.88. The van der Waals surface area contributed by atoms with Crippen molar-refractivity contribution >= 4 is 25.1 Å². The molecule has 3 rings (SSSR count). The summed E-state index contributed by atoms with van der Waals surface area (Å²) in [5.41, 5.74) is 0.352. The lowest BCUT2D eigenvalue weighted by Crippen LogP contribution is -2.49. The van der Waals surface area contributed by atoms with Gasteiger partial charge >= 0.3 is 6.09 Å². The minimum absolute atomic E-state index is 0.0121. The standard InChI is InChI=1S/C22H33NO3Si/c1-22(2,3)26-21(25)23-17-10-11-18(23)13-16(12-17)20(24)15-8-7-9-19(14-15)27(4,5)6/h7-9,14,16-18H,10-13H2,1-6H3. The van der Waals surface area contributed by atoms with Crippen LogP contribution in [0.2, 0.25) is 19.6 Å². The SMILES string of the molecule is CC(C)(C)OC(=O)N1C2CCC1CC(C(=O)c1cccc([Si](C)(C)C)c1)C2. The van der Waals surface area contributed by atoms with Gasteiger partial charge in [0.25, 0.3) is 0 Å². The minimum atomic E-state index is -1.45. The van der Waals surface area contributed by atoms with Gasteiger partial charge in [-0.25, -0.2) is 4.79 Å². The Bertz CT molecular complexity index is 718. The van der Waals surface area contributed by atoms with E-state index in [2.05, 4.69) is 31.8 Å². The van der Waals surface area contributed by atoms with Gasteiger partial charge in [-0.3, -0.25) is 4.79 Å². The second-order valence-electron chi connectivity index (χ2n) is 10.1. The van der Waals surface area contributed by atoms with Crippen LogP contribution in [0.3, 0.4) is 0 Å². The zero-order chi connectivity index (χ0) is 20.0. The van der Waals surface area contributed by atoms with E-state index >= 15 is 0 Å². The molecular formula is C22H33NO3Si. The van der Waals surface area contributed by atoms with Gasteiger partial charge in [0.1, 0.15) is 5.60 Å². The molecule has 27 heavy (non-hydrogen) atoms. The quantitative estimate of drug-likeness (QED) is 0.563. The Morgan fingerprint density at radius 3 is 2.19 bits per heavy atom. The molecule has 2 fully saturated rings. The van der Waals surface area contributed by atoms with Gasteiger partial charge in [-0.05, 0) is 46.5 Å². The number of nitrogens with zero attached hydrogens (tertiary/aromatic N) is 1. The summed E-state index contributed by atoms with van der Waals surface area (Å²) in [7, 11) is -1.45. The second kappa shape index (κ2) is 7.08. The number of Topliss-reactive ketones (excluding diaryl/α,β-unsaturated/α-hetero) is 1. The van der Waals surface area contributed by atoms with Gasteiger partial charge in [0, 0.05) is 23.6 Å². The molecule has 2 atom stereocenters. The summed E-state index contributed by atoms with van der Waals surface area (Å²) in [6.45, 7) is 12.6. The Morgan fingerprint density at radius 1 is 1.07 bits per heavy atom. The molecule has 0 aromatic heterocycles. The first-order valence-electron chi connectivity index (χ1n) is 10.1. The number of fused-ring (bicyclic) bond motifs is 2. The molecule has 0 saturated carbocycles.